The van der Waals surface area contributed by atoms with Crippen LogP contribution in [0.1, 0.15) is 56.1 Å². The van der Waals surface area contributed by atoms with Crippen LogP contribution in [0.2, 0.25) is 0 Å². The third kappa shape index (κ3) is 6.37. The smallest absolute Gasteiger partial charge is 0.220 e. The number of piperidine rings is 1. The lowest BCUT2D eigenvalue weighted by Crippen LogP contribution is -2.61. The second kappa shape index (κ2) is 12.6. The molecule has 1 aliphatic heterocycles. The summed E-state index contributed by atoms with van der Waals surface area (Å²) in [7, 11) is 1.79. The molecule has 1 saturated carbocycles. The van der Waals surface area contributed by atoms with E-state index in [-0.39, 0.29) is 23.5 Å². The van der Waals surface area contributed by atoms with Crippen molar-refractivity contribution in [2.75, 3.05) is 26.7 Å². The van der Waals surface area contributed by atoms with Gasteiger partial charge < -0.3 is 15.2 Å². The minimum Gasteiger partial charge on any atom is -0.508 e. The van der Waals surface area contributed by atoms with E-state index in [1.54, 1.807) is 13.2 Å². The molecule has 1 heterocycles. The zero-order valence-electron chi connectivity index (χ0n) is 21.7. The van der Waals surface area contributed by atoms with Crippen LogP contribution < -0.4 is 5.32 Å². The van der Waals surface area contributed by atoms with E-state index in [1.165, 1.54) is 5.56 Å². The lowest BCUT2D eigenvalue weighted by molar-refractivity contribution is -0.124. The Kier molecular flexibility index (Phi) is 9.22. The van der Waals surface area contributed by atoms with Crippen molar-refractivity contribution in [1.29, 1.82) is 0 Å². The number of phenolic OH excluding ortho intramolecular Hbond substituents is 1. The molecule has 5 heteroatoms. The summed E-state index contributed by atoms with van der Waals surface area (Å²) in [6.07, 6.45) is 9.40. The molecule has 0 radical (unpaired) electrons. The maximum atomic E-state index is 12.9. The van der Waals surface area contributed by atoms with Gasteiger partial charge in [0.25, 0.3) is 0 Å². The van der Waals surface area contributed by atoms with Crippen LogP contribution in [-0.2, 0) is 21.4 Å². The molecule has 4 rings (SSSR count). The van der Waals surface area contributed by atoms with Gasteiger partial charge in [0.15, 0.2) is 0 Å². The molecule has 1 aliphatic carbocycles. The number of aromatic hydroxyl groups is 1. The Labute approximate surface area is 216 Å². The number of amides is 1. The van der Waals surface area contributed by atoms with Crippen molar-refractivity contribution < 1.29 is 14.6 Å². The highest BCUT2D eigenvalue weighted by molar-refractivity contribution is 5.76. The number of hydrogen-bond donors (Lipinski definition) is 2. The van der Waals surface area contributed by atoms with Crippen LogP contribution >= 0.6 is 0 Å². The molecule has 1 saturated heterocycles. The van der Waals surface area contributed by atoms with Gasteiger partial charge in [0.05, 0.1) is 6.10 Å². The van der Waals surface area contributed by atoms with E-state index in [1.807, 2.05) is 24.3 Å². The lowest BCUT2D eigenvalue weighted by Gasteiger charge is -2.55. The van der Waals surface area contributed by atoms with Gasteiger partial charge in [0.2, 0.25) is 5.91 Å². The molecule has 2 aromatic carbocycles. The highest BCUT2D eigenvalue weighted by atomic mass is 16.5. The summed E-state index contributed by atoms with van der Waals surface area (Å²) < 4.78 is 6.06. The summed E-state index contributed by atoms with van der Waals surface area (Å²) >= 11 is 0. The average Bonchev–Trinajstić information content (AvgIpc) is 2.89. The SMILES string of the molecule is C=CCN1CC[C@@]2(c3cccc(O)c3)C[C@H](NC(=O)CCCCCc3ccccc3)CC(OC)[C@@H]2C1. The minimum absolute atomic E-state index is 0.0462. The lowest BCUT2D eigenvalue weighted by atomic mass is 9.57. The van der Waals surface area contributed by atoms with E-state index in [0.29, 0.717) is 18.1 Å². The van der Waals surface area contributed by atoms with Crippen molar-refractivity contribution in [3.8, 4) is 5.75 Å². The zero-order valence-corrected chi connectivity index (χ0v) is 21.7. The molecule has 0 aromatic heterocycles. The third-order valence-electron chi connectivity index (χ3n) is 8.30. The van der Waals surface area contributed by atoms with Crippen LogP contribution in [0.3, 0.4) is 0 Å². The zero-order chi connectivity index (χ0) is 25.4. The Hall–Kier alpha value is -2.63. The largest absolute Gasteiger partial charge is 0.508 e. The topological polar surface area (TPSA) is 61.8 Å². The van der Waals surface area contributed by atoms with E-state index in [9.17, 15) is 9.90 Å². The second-order valence-electron chi connectivity index (χ2n) is 10.6. The molecule has 5 nitrogen and oxygen atoms in total. The number of carbonyl (C=O) groups is 1. The normalized spacial score (nSPS) is 26.2. The molecule has 1 amide bonds. The Morgan fingerprint density at radius 3 is 2.78 bits per heavy atom. The summed E-state index contributed by atoms with van der Waals surface area (Å²) in [5.74, 6) is 0.733. The Bertz CT molecular complexity index is 994. The monoisotopic (exact) mass is 490 g/mol. The molecular weight excluding hydrogens is 448 g/mol. The standard InChI is InChI=1S/C31H42N2O3/c1-3-18-33-19-17-31(25-14-10-15-27(34)20-25)22-26(21-29(36-2)28(31)23-33)32-30(35)16-9-5-8-13-24-11-6-4-7-12-24/h3-4,6-7,10-12,14-15,20,26,28-29,34H,1,5,8-9,13,16-19,21-23H2,2H3,(H,32,35)/t26-,28+,29?,31+/m1/s1. The molecule has 0 bridgehead atoms. The molecule has 194 valence electrons. The fourth-order valence-electron chi connectivity index (χ4n) is 6.53. The Balaban J connectivity index is 1.39. The van der Waals surface area contributed by atoms with Gasteiger partial charge in [-0.1, -0.05) is 55.0 Å². The third-order valence-corrected chi connectivity index (χ3v) is 8.30. The number of nitrogens with zero attached hydrogens (tertiary/aromatic N) is 1. The first-order valence-electron chi connectivity index (χ1n) is 13.5. The molecule has 2 N–H and O–H groups in total. The fourth-order valence-corrected chi connectivity index (χ4v) is 6.53. The number of nitrogens with one attached hydrogen (secondary N) is 1. The summed E-state index contributed by atoms with van der Waals surface area (Å²) in [5, 5.41) is 13.6. The summed E-state index contributed by atoms with van der Waals surface area (Å²) in [4.78, 5) is 15.4. The van der Waals surface area contributed by atoms with Gasteiger partial charge in [-0.3, -0.25) is 9.69 Å². The van der Waals surface area contributed by atoms with Crippen molar-refractivity contribution in [2.45, 2.75) is 68.9 Å². The molecule has 36 heavy (non-hydrogen) atoms. The predicted molar refractivity (Wildman–Crippen MR) is 145 cm³/mol. The molecule has 0 spiro atoms. The van der Waals surface area contributed by atoms with E-state index in [0.717, 1.165) is 70.1 Å². The van der Waals surface area contributed by atoms with Crippen molar-refractivity contribution in [3.05, 3.63) is 78.4 Å². The molecule has 2 aliphatic rings. The first kappa shape index (κ1) is 26.4. The fraction of sp³-hybridized carbons (Fsp3) is 0.516. The second-order valence-corrected chi connectivity index (χ2v) is 10.6. The van der Waals surface area contributed by atoms with Gasteiger partial charge in [-0.15, -0.1) is 6.58 Å². The van der Waals surface area contributed by atoms with Gasteiger partial charge in [-0.2, -0.15) is 0 Å². The van der Waals surface area contributed by atoms with Gasteiger partial charge in [-0.25, -0.2) is 0 Å². The molecular formula is C31H42N2O3. The van der Waals surface area contributed by atoms with Gasteiger partial charge >= 0.3 is 0 Å². The number of benzene rings is 2. The van der Waals surface area contributed by atoms with Gasteiger partial charge in [0.1, 0.15) is 5.75 Å². The number of fused-ring (bicyclic) bond motifs is 1. The quantitative estimate of drug-likeness (QED) is 0.334. The molecule has 4 atom stereocenters. The minimum atomic E-state index is -0.136. The Morgan fingerprint density at radius 2 is 2.03 bits per heavy atom. The van der Waals surface area contributed by atoms with Gasteiger partial charge in [0, 0.05) is 44.0 Å². The molecule has 2 aromatic rings. The first-order valence-corrected chi connectivity index (χ1v) is 13.5. The van der Waals surface area contributed by atoms with E-state index >= 15 is 0 Å². The summed E-state index contributed by atoms with van der Waals surface area (Å²) in [5.41, 5.74) is 2.39. The number of rotatable bonds is 11. The number of methoxy groups -OCH3 is 1. The average molecular weight is 491 g/mol. The number of hydrogen-bond acceptors (Lipinski definition) is 4. The van der Waals surface area contributed by atoms with Crippen molar-refractivity contribution >= 4 is 5.91 Å². The van der Waals surface area contributed by atoms with Crippen LogP contribution in [0.15, 0.2) is 67.3 Å². The number of phenols is 1. The predicted octanol–water partition coefficient (Wildman–Crippen LogP) is 5.23. The highest BCUT2D eigenvalue weighted by Gasteiger charge is 2.52. The maximum Gasteiger partial charge on any atom is 0.220 e. The first-order chi connectivity index (χ1) is 17.5. The van der Waals surface area contributed by atoms with E-state index in [2.05, 4.69) is 47.1 Å². The van der Waals surface area contributed by atoms with Gasteiger partial charge in [-0.05, 0) is 68.3 Å². The van der Waals surface area contributed by atoms with Crippen molar-refractivity contribution in [1.82, 2.24) is 10.2 Å². The maximum absolute atomic E-state index is 12.9. The van der Waals surface area contributed by atoms with Crippen LogP contribution in [0, 0.1) is 5.92 Å². The highest BCUT2D eigenvalue weighted by Crippen LogP contribution is 2.50. The van der Waals surface area contributed by atoms with E-state index < -0.39 is 0 Å². The van der Waals surface area contributed by atoms with Crippen LogP contribution in [-0.4, -0.2) is 54.8 Å². The number of likely N-dealkylation sites (tertiary alicyclic amines) is 1. The van der Waals surface area contributed by atoms with Crippen LogP contribution in [0.4, 0.5) is 0 Å². The molecule has 2 fully saturated rings. The van der Waals surface area contributed by atoms with Crippen molar-refractivity contribution in [3.63, 3.8) is 0 Å². The van der Waals surface area contributed by atoms with E-state index in [4.69, 9.17) is 4.74 Å². The van der Waals surface area contributed by atoms with Crippen LogP contribution in [0.5, 0.6) is 5.75 Å². The number of unbranched alkanes of at least 4 members (excludes halogenated alkanes) is 2. The number of aryl methyl sites for hydroxylation is 1. The molecule has 1 unspecified atom stereocenters. The van der Waals surface area contributed by atoms with Crippen LogP contribution in [0.25, 0.3) is 0 Å². The Morgan fingerprint density at radius 1 is 1.19 bits per heavy atom. The number of carbonyl (C=O) groups excluding carboxylic acids is 1. The summed E-state index contributed by atoms with van der Waals surface area (Å²) in [6.45, 7) is 6.70. The summed E-state index contributed by atoms with van der Waals surface area (Å²) in [6, 6.07) is 18.3. The van der Waals surface area contributed by atoms with Crippen molar-refractivity contribution in [2.24, 2.45) is 5.92 Å². The number of ether oxygens (including phenoxy) is 1.